The van der Waals surface area contributed by atoms with E-state index in [9.17, 15) is 24.1 Å². The summed E-state index contributed by atoms with van der Waals surface area (Å²) in [5, 5.41) is 30.6. The first kappa shape index (κ1) is 28.5. The van der Waals surface area contributed by atoms with Crippen molar-refractivity contribution in [2.24, 2.45) is 23.2 Å². The Kier molecular flexibility index (Phi) is 9.09. The topological polar surface area (TPSA) is 60.7 Å². The molecule has 0 aromatic heterocycles. The van der Waals surface area contributed by atoms with E-state index in [-0.39, 0.29) is 17.8 Å². The van der Waals surface area contributed by atoms with Crippen molar-refractivity contribution in [3.8, 4) is 0 Å². The highest BCUT2D eigenvalue weighted by molar-refractivity contribution is 5.38. The molecule has 0 bridgehead atoms. The van der Waals surface area contributed by atoms with Crippen LogP contribution in [-0.4, -0.2) is 39.1 Å². The minimum Gasteiger partial charge on any atom is -0.393 e. The number of hydrogen-bond donors (Lipinski definition) is 3. The van der Waals surface area contributed by atoms with Crippen molar-refractivity contribution >= 4 is 0 Å². The number of aliphatic hydroxyl groups excluding tert-OH is 2. The molecule has 3 aliphatic rings. The van der Waals surface area contributed by atoms with E-state index in [0.29, 0.717) is 49.5 Å². The van der Waals surface area contributed by atoms with Crippen LogP contribution in [0.2, 0.25) is 0 Å². The van der Waals surface area contributed by atoms with Gasteiger partial charge in [0.25, 0.3) is 5.92 Å². The number of allylic oxidation sites excluding steroid dienone is 3. The molecule has 0 aliphatic heterocycles. The maximum absolute atomic E-state index is 14.8. The summed E-state index contributed by atoms with van der Waals surface area (Å²) in [6.07, 6.45) is 9.96. The number of halogens is 2. The standard InChI is InChI=1S/C30H48F2O3/c1-6-29(35,7-2)19-30(31,32)16-14-20(3)25-12-13-26-22(9-8-15-28(25,26)5)10-11-23-17-24(33)18-27(34)21(23)4/h10-11,20,24-27,33-35H,4,6-9,12-19H2,1-3,5H3/b22-10+,23-11-/t20-,24-,25-,26+,27+,28-/m1/s1. The lowest BCUT2D eigenvalue weighted by molar-refractivity contribution is -0.100. The Balaban J connectivity index is 1.68. The first-order valence-corrected chi connectivity index (χ1v) is 13.9. The Morgan fingerprint density at radius 3 is 2.51 bits per heavy atom. The highest BCUT2D eigenvalue weighted by Crippen LogP contribution is 2.60. The normalized spacial score (nSPS) is 35.5. The molecule has 0 amide bonds. The molecule has 0 aromatic carbocycles. The van der Waals surface area contributed by atoms with Crippen molar-refractivity contribution in [2.45, 2.75) is 128 Å². The fourth-order valence-electron chi connectivity index (χ4n) is 7.39. The quantitative estimate of drug-likeness (QED) is 0.320. The number of fused-ring (bicyclic) bond motifs is 1. The molecular weight excluding hydrogens is 446 g/mol. The minimum atomic E-state index is -2.84. The van der Waals surface area contributed by atoms with Gasteiger partial charge < -0.3 is 15.3 Å². The van der Waals surface area contributed by atoms with Crippen LogP contribution in [0, 0.1) is 23.2 Å². The fraction of sp³-hybridized carbons (Fsp3) is 0.800. The third-order valence-corrected chi connectivity index (χ3v) is 9.86. The van der Waals surface area contributed by atoms with Crippen LogP contribution in [0.25, 0.3) is 0 Å². The summed E-state index contributed by atoms with van der Waals surface area (Å²) < 4.78 is 29.6. The maximum atomic E-state index is 14.8. The first-order valence-electron chi connectivity index (χ1n) is 13.9. The van der Waals surface area contributed by atoms with Gasteiger partial charge in [-0.15, -0.1) is 0 Å². The van der Waals surface area contributed by atoms with Crippen LogP contribution < -0.4 is 0 Å². The van der Waals surface area contributed by atoms with E-state index in [1.165, 1.54) is 5.57 Å². The predicted molar refractivity (Wildman–Crippen MR) is 138 cm³/mol. The number of rotatable bonds is 9. The molecule has 0 unspecified atom stereocenters. The Bertz CT molecular complexity index is 812. The monoisotopic (exact) mass is 494 g/mol. The van der Waals surface area contributed by atoms with Gasteiger partial charge in [-0.1, -0.05) is 52.0 Å². The van der Waals surface area contributed by atoms with Crippen molar-refractivity contribution in [3.63, 3.8) is 0 Å². The highest BCUT2D eigenvalue weighted by atomic mass is 19.3. The van der Waals surface area contributed by atoms with Gasteiger partial charge in [0.05, 0.1) is 17.8 Å². The minimum absolute atomic E-state index is 0.119. The zero-order chi connectivity index (χ0) is 26.0. The maximum Gasteiger partial charge on any atom is 0.250 e. The summed E-state index contributed by atoms with van der Waals surface area (Å²) in [5.41, 5.74) is 1.91. The van der Waals surface area contributed by atoms with E-state index in [1.54, 1.807) is 13.8 Å². The first-order chi connectivity index (χ1) is 16.3. The molecule has 0 spiro atoms. The molecule has 3 aliphatic carbocycles. The molecule has 6 atom stereocenters. The van der Waals surface area contributed by atoms with Crippen LogP contribution >= 0.6 is 0 Å². The summed E-state index contributed by atoms with van der Waals surface area (Å²) in [6.45, 7) is 12.1. The van der Waals surface area contributed by atoms with Crippen LogP contribution in [0.1, 0.15) is 105 Å². The van der Waals surface area contributed by atoms with Gasteiger partial charge in [-0.05, 0) is 92.1 Å². The van der Waals surface area contributed by atoms with E-state index in [1.807, 2.05) is 0 Å². The Morgan fingerprint density at radius 1 is 1.17 bits per heavy atom. The van der Waals surface area contributed by atoms with Crippen LogP contribution in [0.15, 0.2) is 35.5 Å². The van der Waals surface area contributed by atoms with Gasteiger partial charge in [0.2, 0.25) is 0 Å². The van der Waals surface area contributed by atoms with Crippen LogP contribution in [-0.2, 0) is 0 Å². The average molecular weight is 495 g/mol. The molecule has 0 radical (unpaired) electrons. The second-order valence-corrected chi connectivity index (χ2v) is 12.1. The second kappa shape index (κ2) is 11.1. The van der Waals surface area contributed by atoms with Gasteiger partial charge in [0.1, 0.15) is 0 Å². The lowest BCUT2D eigenvalue weighted by atomic mass is 9.60. The van der Waals surface area contributed by atoms with Crippen molar-refractivity contribution in [2.75, 3.05) is 0 Å². The van der Waals surface area contributed by atoms with Gasteiger partial charge in [-0.25, -0.2) is 8.78 Å². The Morgan fingerprint density at radius 2 is 1.86 bits per heavy atom. The molecule has 35 heavy (non-hydrogen) atoms. The number of hydrogen-bond acceptors (Lipinski definition) is 3. The molecule has 3 rings (SSSR count). The van der Waals surface area contributed by atoms with Crippen LogP contribution in [0.3, 0.4) is 0 Å². The molecule has 0 aromatic rings. The lowest BCUT2D eigenvalue weighted by Gasteiger charge is -2.44. The molecular formula is C30H48F2O3. The van der Waals surface area contributed by atoms with E-state index >= 15 is 0 Å². The summed E-state index contributed by atoms with van der Waals surface area (Å²) in [6, 6.07) is 0. The van der Waals surface area contributed by atoms with Crippen molar-refractivity contribution in [3.05, 3.63) is 35.5 Å². The van der Waals surface area contributed by atoms with E-state index in [0.717, 1.165) is 37.7 Å². The average Bonchev–Trinajstić information content (AvgIpc) is 3.16. The smallest absolute Gasteiger partial charge is 0.250 e. The van der Waals surface area contributed by atoms with Crippen molar-refractivity contribution in [1.82, 2.24) is 0 Å². The SMILES string of the molecule is C=C1/C(=C\C=C2/CCC[C@]3(C)[C@@H]([C@H](C)CCC(F)(F)CC(O)(CC)CC)CC[C@@H]23)C[C@@H](O)C[C@@H]1O. The second-order valence-electron chi connectivity index (χ2n) is 12.1. The third kappa shape index (κ3) is 6.45. The summed E-state index contributed by atoms with van der Waals surface area (Å²) in [5.74, 6) is -1.74. The van der Waals surface area contributed by atoms with Crippen LogP contribution in [0.4, 0.5) is 8.78 Å². The van der Waals surface area contributed by atoms with Crippen molar-refractivity contribution in [1.29, 1.82) is 0 Å². The zero-order valence-corrected chi connectivity index (χ0v) is 22.3. The summed E-state index contributed by atoms with van der Waals surface area (Å²) >= 11 is 0. The molecule has 0 saturated heterocycles. The highest BCUT2D eigenvalue weighted by Gasteiger charge is 2.51. The largest absolute Gasteiger partial charge is 0.393 e. The Labute approximate surface area is 211 Å². The van der Waals surface area contributed by atoms with Gasteiger partial charge in [-0.2, -0.15) is 0 Å². The van der Waals surface area contributed by atoms with Crippen molar-refractivity contribution < 1.29 is 24.1 Å². The Hall–Kier alpha value is -1.04. The van der Waals surface area contributed by atoms with E-state index in [2.05, 4.69) is 32.6 Å². The lowest BCUT2D eigenvalue weighted by Crippen LogP contribution is -2.38. The fourth-order valence-corrected chi connectivity index (χ4v) is 7.39. The molecule has 3 N–H and O–H groups in total. The molecule has 200 valence electrons. The zero-order valence-electron chi connectivity index (χ0n) is 22.3. The summed E-state index contributed by atoms with van der Waals surface area (Å²) in [4.78, 5) is 0. The van der Waals surface area contributed by atoms with Gasteiger partial charge in [-0.3, -0.25) is 0 Å². The van der Waals surface area contributed by atoms with Gasteiger partial charge >= 0.3 is 0 Å². The summed E-state index contributed by atoms with van der Waals surface area (Å²) in [7, 11) is 0. The molecule has 3 fully saturated rings. The third-order valence-electron chi connectivity index (χ3n) is 9.86. The molecule has 3 saturated carbocycles. The number of alkyl halides is 2. The van der Waals surface area contributed by atoms with Crippen LogP contribution in [0.5, 0.6) is 0 Å². The molecule has 5 heteroatoms. The molecule has 3 nitrogen and oxygen atoms in total. The number of aliphatic hydroxyl groups is 3. The van der Waals surface area contributed by atoms with Gasteiger partial charge in [0.15, 0.2) is 0 Å². The molecule has 0 heterocycles. The predicted octanol–water partition coefficient (Wildman–Crippen LogP) is 7.12. The van der Waals surface area contributed by atoms with Gasteiger partial charge in [0, 0.05) is 19.3 Å². The van der Waals surface area contributed by atoms with E-state index in [4.69, 9.17) is 0 Å². The van der Waals surface area contributed by atoms with E-state index < -0.39 is 30.2 Å².